The number of amides is 4. The van der Waals surface area contributed by atoms with E-state index in [1.165, 1.54) is 4.90 Å². The molecule has 1 N–H and O–H groups in total. The van der Waals surface area contributed by atoms with Crippen LogP contribution in [0.1, 0.15) is 65.8 Å². The van der Waals surface area contributed by atoms with Gasteiger partial charge in [0.15, 0.2) is 0 Å². The van der Waals surface area contributed by atoms with Gasteiger partial charge in [-0.05, 0) is 74.9 Å². The Labute approximate surface area is 257 Å². The lowest BCUT2D eigenvalue weighted by Crippen LogP contribution is -2.47. The van der Waals surface area contributed by atoms with Crippen molar-refractivity contribution in [3.8, 4) is 11.6 Å². The summed E-state index contributed by atoms with van der Waals surface area (Å²) >= 11 is 0. The zero-order valence-electron chi connectivity index (χ0n) is 25.3. The fraction of sp³-hybridized carbons (Fsp3) is 0.412. The molecule has 0 bridgehead atoms. The SMILES string of the molecule is CCOC(=O)N1C[C@@H](c2ccccc2)N(C2CCN(Cc3ccc(Oc4ccc(C(=O)NC5CC5)cc4)nc3C)CC2)C1=O. The molecule has 1 atom stereocenters. The molecular weight excluding hydrogens is 558 g/mol. The third-order valence-corrected chi connectivity index (χ3v) is 8.58. The molecular formula is C34H39N5O5. The smallest absolute Gasteiger partial charge is 0.418 e. The lowest BCUT2D eigenvalue weighted by molar-refractivity contribution is 0.0950. The number of benzene rings is 2. The molecule has 2 aromatic carbocycles. The molecule has 2 saturated heterocycles. The number of carbonyl (C=O) groups is 3. The van der Waals surface area contributed by atoms with Crippen LogP contribution in [0.3, 0.4) is 0 Å². The average molecular weight is 598 g/mol. The second-order valence-electron chi connectivity index (χ2n) is 11.7. The number of ether oxygens (including phenoxy) is 2. The summed E-state index contributed by atoms with van der Waals surface area (Å²) in [6.45, 7) is 6.66. The van der Waals surface area contributed by atoms with Crippen molar-refractivity contribution in [2.45, 2.75) is 64.2 Å². The Morgan fingerprint density at radius 1 is 0.955 bits per heavy atom. The van der Waals surface area contributed by atoms with E-state index in [0.29, 0.717) is 29.8 Å². The molecule has 3 fully saturated rings. The number of rotatable bonds is 9. The van der Waals surface area contributed by atoms with Crippen LogP contribution in [0.5, 0.6) is 11.6 Å². The quantitative estimate of drug-likeness (QED) is 0.339. The molecule has 6 rings (SSSR count). The van der Waals surface area contributed by atoms with Crippen LogP contribution in [0.4, 0.5) is 9.59 Å². The number of urea groups is 1. The zero-order chi connectivity index (χ0) is 30.6. The van der Waals surface area contributed by atoms with Crippen molar-refractivity contribution < 1.29 is 23.9 Å². The maximum absolute atomic E-state index is 13.5. The summed E-state index contributed by atoms with van der Waals surface area (Å²) in [6, 6.07) is 20.8. The largest absolute Gasteiger partial charge is 0.449 e. The first-order chi connectivity index (χ1) is 21.4. The van der Waals surface area contributed by atoms with Gasteiger partial charge in [-0.3, -0.25) is 9.69 Å². The first-order valence-electron chi connectivity index (χ1n) is 15.5. The Morgan fingerprint density at radius 2 is 1.68 bits per heavy atom. The average Bonchev–Trinajstić information content (AvgIpc) is 3.79. The summed E-state index contributed by atoms with van der Waals surface area (Å²) in [4.78, 5) is 48.5. The number of nitrogens with one attached hydrogen (secondary N) is 1. The number of piperidine rings is 1. The molecule has 4 amide bonds. The van der Waals surface area contributed by atoms with Crippen LogP contribution in [0.2, 0.25) is 0 Å². The van der Waals surface area contributed by atoms with Crippen molar-refractivity contribution in [2.24, 2.45) is 0 Å². The molecule has 0 spiro atoms. The number of nitrogens with zero attached hydrogens (tertiary/aromatic N) is 4. The van der Waals surface area contributed by atoms with Gasteiger partial charge in [-0.2, -0.15) is 0 Å². The third-order valence-electron chi connectivity index (χ3n) is 8.58. The van der Waals surface area contributed by atoms with Crippen LogP contribution >= 0.6 is 0 Å². The van der Waals surface area contributed by atoms with Gasteiger partial charge in [0.05, 0.1) is 19.2 Å². The molecule has 3 aliphatic rings. The highest BCUT2D eigenvalue weighted by atomic mass is 16.6. The predicted molar refractivity (Wildman–Crippen MR) is 164 cm³/mol. The molecule has 1 aromatic heterocycles. The fourth-order valence-electron chi connectivity index (χ4n) is 6.00. The molecule has 2 aliphatic heterocycles. The van der Waals surface area contributed by atoms with Gasteiger partial charge in [0.1, 0.15) is 5.75 Å². The maximum Gasteiger partial charge on any atom is 0.418 e. The summed E-state index contributed by atoms with van der Waals surface area (Å²) < 4.78 is 11.2. The van der Waals surface area contributed by atoms with Gasteiger partial charge < -0.3 is 19.7 Å². The summed E-state index contributed by atoms with van der Waals surface area (Å²) in [5.74, 6) is 1.08. The lowest BCUT2D eigenvalue weighted by Gasteiger charge is -2.39. The van der Waals surface area contributed by atoms with E-state index in [1.807, 2.05) is 54.3 Å². The van der Waals surface area contributed by atoms with E-state index in [0.717, 1.165) is 62.1 Å². The number of pyridine rings is 1. The van der Waals surface area contributed by atoms with Gasteiger partial charge in [0.25, 0.3) is 5.91 Å². The Balaban J connectivity index is 1.05. The molecule has 10 nitrogen and oxygen atoms in total. The predicted octanol–water partition coefficient (Wildman–Crippen LogP) is 5.67. The lowest BCUT2D eigenvalue weighted by atomic mass is 9.98. The van der Waals surface area contributed by atoms with Gasteiger partial charge in [-0.15, -0.1) is 0 Å². The van der Waals surface area contributed by atoms with Crippen LogP contribution in [0, 0.1) is 6.92 Å². The monoisotopic (exact) mass is 597 g/mol. The summed E-state index contributed by atoms with van der Waals surface area (Å²) in [6.07, 6.45) is 3.15. The molecule has 1 aliphatic carbocycles. The van der Waals surface area contributed by atoms with Crippen LogP contribution in [0.15, 0.2) is 66.7 Å². The molecule has 0 unspecified atom stereocenters. The van der Waals surface area contributed by atoms with Gasteiger partial charge in [0.2, 0.25) is 5.88 Å². The second kappa shape index (κ2) is 13.1. The molecule has 230 valence electrons. The summed E-state index contributed by atoms with van der Waals surface area (Å²) in [5.41, 5.74) is 3.66. The first kappa shape index (κ1) is 29.6. The van der Waals surface area contributed by atoms with Gasteiger partial charge in [0, 0.05) is 49.0 Å². The van der Waals surface area contributed by atoms with E-state index in [-0.39, 0.29) is 30.6 Å². The van der Waals surface area contributed by atoms with Crippen molar-refractivity contribution in [3.63, 3.8) is 0 Å². The van der Waals surface area contributed by atoms with Crippen molar-refractivity contribution in [1.82, 2.24) is 25.0 Å². The maximum atomic E-state index is 13.5. The first-order valence-corrected chi connectivity index (χ1v) is 15.5. The normalized spacial score (nSPS) is 19.2. The zero-order valence-corrected chi connectivity index (χ0v) is 25.3. The highest BCUT2D eigenvalue weighted by Gasteiger charge is 2.45. The number of aryl methyl sites for hydroxylation is 1. The minimum absolute atomic E-state index is 0.0320. The van der Waals surface area contributed by atoms with Gasteiger partial charge in [-0.1, -0.05) is 36.4 Å². The number of likely N-dealkylation sites (tertiary alicyclic amines) is 1. The molecule has 0 radical (unpaired) electrons. The number of hydrogen-bond donors (Lipinski definition) is 1. The highest BCUT2D eigenvalue weighted by molar-refractivity contribution is 5.94. The standard InChI is InChI=1S/C34H39N5O5/c1-3-43-34(42)38-22-30(24-7-5-4-6-8-24)39(33(38)41)28-17-19-37(20-18-28)21-26-11-16-31(35-23(26)2)44-29-14-9-25(10-15-29)32(40)36-27-12-13-27/h4-11,14-16,27-28,30H,3,12-13,17-22H2,1-2H3,(H,36,40)/t30-/m0/s1. The van der Waals surface area contributed by atoms with Crippen LogP contribution in [0.25, 0.3) is 0 Å². The topological polar surface area (TPSA) is 104 Å². The van der Waals surface area contributed by atoms with E-state index in [1.54, 1.807) is 31.2 Å². The number of carbonyl (C=O) groups excluding carboxylic acids is 3. The Bertz CT molecular complexity index is 1490. The highest BCUT2D eigenvalue weighted by Crippen LogP contribution is 2.35. The van der Waals surface area contributed by atoms with E-state index < -0.39 is 6.09 Å². The summed E-state index contributed by atoms with van der Waals surface area (Å²) in [7, 11) is 0. The minimum Gasteiger partial charge on any atom is -0.449 e. The van der Waals surface area contributed by atoms with E-state index in [9.17, 15) is 14.4 Å². The van der Waals surface area contributed by atoms with Crippen molar-refractivity contribution >= 4 is 18.0 Å². The number of hydrogen-bond acceptors (Lipinski definition) is 7. The molecule has 1 saturated carbocycles. The van der Waals surface area contributed by atoms with Crippen molar-refractivity contribution in [3.05, 3.63) is 89.1 Å². The van der Waals surface area contributed by atoms with Gasteiger partial charge in [-0.25, -0.2) is 19.5 Å². The van der Waals surface area contributed by atoms with Gasteiger partial charge >= 0.3 is 12.1 Å². The second-order valence-corrected chi connectivity index (χ2v) is 11.7. The van der Waals surface area contributed by atoms with Crippen molar-refractivity contribution in [2.75, 3.05) is 26.2 Å². The van der Waals surface area contributed by atoms with E-state index in [2.05, 4.69) is 15.2 Å². The number of imide groups is 1. The van der Waals surface area contributed by atoms with Crippen LogP contribution in [-0.2, 0) is 11.3 Å². The van der Waals surface area contributed by atoms with Crippen molar-refractivity contribution in [1.29, 1.82) is 0 Å². The van der Waals surface area contributed by atoms with Crippen LogP contribution in [-0.4, -0.2) is 76.0 Å². The van der Waals surface area contributed by atoms with E-state index >= 15 is 0 Å². The fourth-order valence-corrected chi connectivity index (χ4v) is 6.00. The summed E-state index contributed by atoms with van der Waals surface area (Å²) in [5, 5.41) is 2.99. The minimum atomic E-state index is -0.581. The molecule has 3 aromatic rings. The number of aromatic nitrogens is 1. The van der Waals surface area contributed by atoms with E-state index in [4.69, 9.17) is 9.47 Å². The molecule has 10 heteroatoms. The molecule has 44 heavy (non-hydrogen) atoms. The molecule has 3 heterocycles. The Hall–Kier alpha value is -4.44. The Morgan fingerprint density at radius 3 is 2.34 bits per heavy atom. The van der Waals surface area contributed by atoms with Crippen LogP contribution < -0.4 is 10.1 Å². The third kappa shape index (κ3) is 6.70. The Kier molecular flexibility index (Phi) is 8.79.